The SMILES string of the molecule is CNc1nccc2cc(-c3c(C4=NNC(C)O4)c(CCC4CCOCC4)nc4c3C(=O)N3CCCC43)sc12. The molecule has 7 heterocycles. The second-order valence-electron chi connectivity index (χ2n) is 10.6. The van der Waals surface area contributed by atoms with E-state index >= 15 is 0 Å². The molecule has 2 atom stereocenters. The van der Waals surface area contributed by atoms with Gasteiger partial charge in [0.05, 0.1) is 33.3 Å². The van der Waals surface area contributed by atoms with E-state index in [9.17, 15) is 4.79 Å². The lowest BCUT2D eigenvalue weighted by Crippen LogP contribution is -2.23. The van der Waals surface area contributed by atoms with Crippen LogP contribution < -0.4 is 10.7 Å². The highest BCUT2D eigenvalue weighted by Crippen LogP contribution is 2.48. The predicted octanol–water partition coefficient (Wildman–Crippen LogP) is 4.68. The normalized spacial score (nSPS) is 22.8. The monoisotopic (exact) mass is 532 g/mol. The number of thiophene rings is 1. The number of nitrogens with one attached hydrogen (secondary N) is 2. The summed E-state index contributed by atoms with van der Waals surface area (Å²) in [6, 6.07) is 4.25. The van der Waals surface area contributed by atoms with Crippen LogP contribution >= 0.6 is 11.3 Å². The number of aromatic nitrogens is 2. The van der Waals surface area contributed by atoms with Gasteiger partial charge in [0.2, 0.25) is 5.90 Å². The first-order valence-corrected chi connectivity index (χ1v) is 14.5. The van der Waals surface area contributed by atoms with Crippen LogP contribution in [-0.2, 0) is 15.9 Å². The van der Waals surface area contributed by atoms with Crippen LogP contribution in [0.3, 0.4) is 0 Å². The Morgan fingerprint density at radius 1 is 1.21 bits per heavy atom. The van der Waals surface area contributed by atoms with Crippen LogP contribution in [0.25, 0.3) is 20.5 Å². The maximum Gasteiger partial charge on any atom is 0.257 e. The molecule has 198 valence electrons. The molecule has 4 aliphatic heterocycles. The molecule has 3 aromatic heterocycles. The summed E-state index contributed by atoms with van der Waals surface area (Å²) >= 11 is 1.66. The Morgan fingerprint density at radius 3 is 2.87 bits per heavy atom. The Hall–Kier alpha value is -3.24. The van der Waals surface area contributed by atoms with Crippen LogP contribution in [0.5, 0.6) is 0 Å². The van der Waals surface area contributed by atoms with E-state index in [1.165, 1.54) is 0 Å². The predicted molar refractivity (Wildman–Crippen MR) is 147 cm³/mol. The van der Waals surface area contributed by atoms with Crippen molar-refractivity contribution in [1.29, 1.82) is 0 Å². The minimum Gasteiger partial charge on any atom is -0.451 e. The summed E-state index contributed by atoms with van der Waals surface area (Å²) in [5.41, 5.74) is 7.44. The molecular formula is C28H32N6O3S. The molecular weight excluding hydrogens is 500 g/mol. The summed E-state index contributed by atoms with van der Waals surface area (Å²) in [6.07, 6.45) is 7.55. The Balaban J connectivity index is 1.45. The molecule has 0 radical (unpaired) electrons. The fraction of sp³-hybridized carbons (Fsp3) is 0.500. The van der Waals surface area contributed by atoms with Crippen molar-refractivity contribution in [3.05, 3.63) is 40.8 Å². The van der Waals surface area contributed by atoms with Gasteiger partial charge in [-0.25, -0.2) is 4.98 Å². The Kier molecular flexibility index (Phi) is 5.96. The molecule has 9 nitrogen and oxygen atoms in total. The van der Waals surface area contributed by atoms with Crippen molar-refractivity contribution < 1.29 is 14.3 Å². The molecule has 3 aromatic rings. The number of nitrogens with zero attached hydrogens (tertiary/aromatic N) is 4. The van der Waals surface area contributed by atoms with Gasteiger partial charge in [0, 0.05) is 43.4 Å². The Labute approximate surface area is 225 Å². The molecule has 10 heteroatoms. The van der Waals surface area contributed by atoms with Crippen molar-refractivity contribution in [3.63, 3.8) is 0 Å². The van der Waals surface area contributed by atoms with Gasteiger partial charge >= 0.3 is 0 Å². The lowest BCUT2D eigenvalue weighted by Gasteiger charge is -2.23. The van der Waals surface area contributed by atoms with E-state index in [1.54, 1.807) is 11.3 Å². The molecule has 2 N–H and O–H groups in total. The molecule has 2 fully saturated rings. The molecule has 7 rings (SSSR count). The zero-order valence-corrected chi connectivity index (χ0v) is 22.6. The number of hydrogen-bond acceptors (Lipinski definition) is 9. The number of amides is 1. The van der Waals surface area contributed by atoms with E-state index in [0.717, 1.165) is 107 Å². The minimum atomic E-state index is -0.240. The maximum absolute atomic E-state index is 13.9. The van der Waals surface area contributed by atoms with Crippen molar-refractivity contribution in [2.45, 2.75) is 57.7 Å². The van der Waals surface area contributed by atoms with Crippen molar-refractivity contribution in [2.75, 3.05) is 32.1 Å². The molecule has 2 unspecified atom stereocenters. The van der Waals surface area contributed by atoms with Crippen molar-refractivity contribution in [1.82, 2.24) is 20.3 Å². The zero-order chi connectivity index (χ0) is 25.8. The maximum atomic E-state index is 13.9. The summed E-state index contributed by atoms with van der Waals surface area (Å²) in [7, 11) is 1.89. The van der Waals surface area contributed by atoms with Gasteiger partial charge in [-0.05, 0) is 68.9 Å². The third kappa shape index (κ3) is 3.84. The molecule has 4 aliphatic rings. The van der Waals surface area contributed by atoms with Crippen molar-refractivity contribution in [3.8, 4) is 10.4 Å². The van der Waals surface area contributed by atoms with Gasteiger partial charge in [-0.15, -0.1) is 16.4 Å². The van der Waals surface area contributed by atoms with Crippen molar-refractivity contribution >= 4 is 39.0 Å². The molecule has 0 bridgehead atoms. The van der Waals surface area contributed by atoms with Crippen molar-refractivity contribution in [2.24, 2.45) is 11.0 Å². The number of aryl methyl sites for hydroxylation is 1. The molecule has 0 aromatic carbocycles. The average molecular weight is 533 g/mol. The lowest BCUT2D eigenvalue weighted by atomic mass is 9.90. The number of anilines is 1. The molecule has 38 heavy (non-hydrogen) atoms. The van der Waals surface area contributed by atoms with E-state index in [4.69, 9.17) is 14.5 Å². The molecule has 1 amide bonds. The first-order valence-electron chi connectivity index (χ1n) is 13.6. The van der Waals surface area contributed by atoms with Gasteiger partial charge in [-0.2, -0.15) is 0 Å². The zero-order valence-electron chi connectivity index (χ0n) is 21.7. The van der Waals surface area contributed by atoms with Crippen LogP contribution in [0.2, 0.25) is 0 Å². The van der Waals surface area contributed by atoms with Gasteiger partial charge in [0.1, 0.15) is 5.82 Å². The van der Waals surface area contributed by atoms with Crippen LogP contribution in [0.15, 0.2) is 23.4 Å². The second-order valence-corrected chi connectivity index (χ2v) is 11.6. The van der Waals surface area contributed by atoms with Crippen LogP contribution in [0, 0.1) is 5.92 Å². The van der Waals surface area contributed by atoms with Crippen LogP contribution in [0.4, 0.5) is 5.82 Å². The van der Waals surface area contributed by atoms with Gasteiger partial charge in [-0.1, -0.05) is 0 Å². The Bertz CT molecular complexity index is 1450. The number of hydrazone groups is 1. The number of fused-ring (bicyclic) bond motifs is 4. The summed E-state index contributed by atoms with van der Waals surface area (Å²) in [4.78, 5) is 26.7. The number of rotatable bonds is 6. The lowest BCUT2D eigenvalue weighted by molar-refractivity contribution is 0.0639. The summed E-state index contributed by atoms with van der Waals surface area (Å²) in [6.45, 7) is 4.37. The summed E-state index contributed by atoms with van der Waals surface area (Å²) in [5.74, 6) is 2.04. The van der Waals surface area contributed by atoms with E-state index in [1.807, 2.05) is 31.1 Å². The first-order chi connectivity index (χ1) is 18.6. The average Bonchev–Trinajstić information content (AvgIpc) is 3.73. The Morgan fingerprint density at radius 2 is 2.08 bits per heavy atom. The van der Waals surface area contributed by atoms with Gasteiger partial charge < -0.3 is 19.7 Å². The van der Waals surface area contributed by atoms with E-state index in [0.29, 0.717) is 11.8 Å². The number of carbonyl (C=O) groups is 1. The number of pyridine rings is 2. The number of ether oxygens (including phenoxy) is 2. The smallest absolute Gasteiger partial charge is 0.257 e. The topological polar surface area (TPSA) is 101 Å². The van der Waals surface area contributed by atoms with Gasteiger partial charge in [-0.3, -0.25) is 15.2 Å². The molecule has 2 saturated heterocycles. The third-order valence-electron chi connectivity index (χ3n) is 8.24. The van der Waals surface area contributed by atoms with E-state index in [-0.39, 0.29) is 18.2 Å². The highest BCUT2D eigenvalue weighted by Gasteiger charge is 2.45. The van der Waals surface area contributed by atoms with Crippen LogP contribution in [-0.4, -0.2) is 59.7 Å². The fourth-order valence-electron chi connectivity index (χ4n) is 6.33. The molecule has 0 aliphatic carbocycles. The molecule has 0 saturated carbocycles. The van der Waals surface area contributed by atoms with Gasteiger partial charge in [0.15, 0.2) is 6.23 Å². The quantitative estimate of drug-likeness (QED) is 0.476. The number of carbonyl (C=O) groups excluding carboxylic acids is 1. The van der Waals surface area contributed by atoms with Gasteiger partial charge in [0.25, 0.3) is 5.91 Å². The highest BCUT2D eigenvalue weighted by molar-refractivity contribution is 7.22. The standard InChI is InChI=1S/C28H32N6O3S/c1-15-32-33-27(37-15)21-18(6-5-16-8-12-36-13-9-16)31-24-19-4-3-11-34(19)28(35)23(24)22(21)20-14-17-7-10-30-26(29-2)25(17)38-20/h7,10,14-16,19,32H,3-6,8-9,11-13H2,1-2H3,(H,29,30). The summed E-state index contributed by atoms with van der Waals surface area (Å²) < 4.78 is 12.8. The fourth-order valence-corrected chi connectivity index (χ4v) is 7.54. The number of hydrogen-bond donors (Lipinski definition) is 2. The summed E-state index contributed by atoms with van der Waals surface area (Å²) in [5, 5.41) is 8.89. The second kappa shape index (κ2) is 9.50. The third-order valence-corrected chi connectivity index (χ3v) is 9.42. The largest absolute Gasteiger partial charge is 0.451 e. The minimum absolute atomic E-state index is 0.0551. The molecule has 0 spiro atoms. The first kappa shape index (κ1) is 23.8. The highest BCUT2D eigenvalue weighted by atomic mass is 32.1. The van der Waals surface area contributed by atoms with E-state index < -0.39 is 0 Å². The van der Waals surface area contributed by atoms with E-state index in [2.05, 4.69) is 26.9 Å². The van der Waals surface area contributed by atoms with Crippen LogP contribution in [0.1, 0.15) is 72.4 Å².